The third-order valence-corrected chi connectivity index (χ3v) is 2.94. The van der Waals surface area contributed by atoms with Gasteiger partial charge in [-0.3, -0.25) is 4.68 Å². The predicted molar refractivity (Wildman–Crippen MR) is 73.2 cm³/mol. The zero-order valence-corrected chi connectivity index (χ0v) is 12.0. The van der Waals surface area contributed by atoms with Crippen molar-refractivity contribution in [2.45, 2.75) is 46.6 Å². The molecule has 2 aromatic heterocycles. The Morgan fingerprint density at radius 1 is 1.37 bits per heavy atom. The highest BCUT2D eigenvalue weighted by Gasteiger charge is 2.11. The van der Waals surface area contributed by atoms with Gasteiger partial charge in [0.2, 0.25) is 5.89 Å². The highest BCUT2D eigenvalue weighted by atomic mass is 16.4. The van der Waals surface area contributed by atoms with E-state index in [-0.39, 0.29) is 6.04 Å². The monoisotopic (exact) mass is 263 g/mol. The molecule has 19 heavy (non-hydrogen) atoms. The SMILES string of the molecule is CCCc1nnc(NCC(C)n2nc(C)cc2C)o1. The molecule has 1 unspecified atom stereocenters. The number of hydrogen-bond donors (Lipinski definition) is 1. The normalized spacial score (nSPS) is 12.6. The molecule has 6 nitrogen and oxygen atoms in total. The van der Waals surface area contributed by atoms with Crippen LogP contribution in [0.5, 0.6) is 0 Å². The van der Waals surface area contributed by atoms with E-state index in [1.54, 1.807) is 0 Å². The molecule has 0 aliphatic heterocycles. The third-order valence-electron chi connectivity index (χ3n) is 2.94. The van der Waals surface area contributed by atoms with Crippen molar-refractivity contribution in [1.29, 1.82) is 0 Å². The second kappa shape index (κ2) is 5.86. The van der Waals surface area contributed by atoms with Crippen molar-refractivity contribution >= 4 is 6.01 Å². The second-order valence-electron chi connectivity index (χ2n) is 4.85. The summed E-state index contributed by atoms with van der Waals surface area (Å²) in [5.74, 6) is 0.684. The molecule has 0 radical (unpaired) electrons. The van der Waals surface area contributed by atoms with Crippen LogP contribution in [0.3, 0.4) is 0 Å². The van der Waals surface area contributed by atoms with Gasteiger partial charge in [-0.15, -0.1) is 5.10 Å². The molecule has 2 rings (SSSR count). The van der Waals surface area contributed by atoms with Gasteiger partial charge in [0.1, 0.15) is 0 Å². The van der Waals surface area contributed by atoms with Crippen LogP contribution >= 0.6 is 0 Å². The average molecular weight is 263 g/mol. The molecule has 0 spiro atoms. The van der Waals surface area contributed by atoms with E-state index in [1.807, 2.05) is 11.6 Å². The van der Waals surface area contributed by atoms with Crippen molar-refractivity contribution in [3.05, 3.63) is 23.3 Å². The largest absolute Gasteiger partial charge is 0.408 e. The summed E-state index contributed by atoms with van der Waals surface area (Å²) < 4.78 is 7.49. The molecule has 0 saturated heterocycles. The lowest BCUT2D eigenvalue weighted by Crippen LogP contribution is -2.18. The lowest BCUT2D eigenvalue weighted by atomic mass is 10.3. The lowest BCUT2D eigenvalue weighted by molar-refractivity contribution is 0.473. The van der Waals surface area contributed by atoms with Gasteiger partial charge in [-0.1, -0.05) is 12.0 Å². The van der Waals surface area contributed by atoms with Gasteiger partial charge in [0.05, 0.1) is 11.7 Å². The van der Waals surface area contributed by atoms with Crippen LogP contribution in [0.1, 0.15) is 43.6 Å². The Labute approximate surface area is 113 Å². The fourth-order valence-corrected chi connectivity index (χ4v) is 2.05. The Hall–Kier alpha value is -1.85. The number of anilines is 1. The maximum atomic E-state index is 5.48. The Balaban J connectivity index is 1.92. The first kappa shape index (κ1) is 13.6. The summed E-state index contributed by atoms with van der Waals surface area (Å²) in [7, 11) is 0. The van der Waals surface area contributed by atoms with Crippen molar-refractivity contribution in [1.82, 2.24) is 20.0 Å². The van der Waals surface area contributed by atoms with Crippen molar-refractivity contribution in [2.75, 3.05) is 11.9 Å². The van der Waals surface area contributed by atoms with Gasteiger partial charge in [-0.05, 0) is 33.3 Å². The summed E-state index contributed by atoms with van der Waals surface area (Å²) in [4.78, 5) is 0. The zero-order valence-electron chi connectivity index (χ0n) is 12.0. The van der Waals surface area contributed by atoms with E-state index in [9.17, 15) is 0 Å². The maximum absolute atomic E-state index is 5.48. The molecule has 0 saturated carbocycles. The minimum Gasteiger partial charge on any atom is -0.408 e. The van der Waals surface area contributed by atoms with Crippen molar-refractivity contribution < 1.29 is 4.42 Å². The van der Waals surface area contributed by atoms with Gasteiger partial charge in [-0.2, -0.15) is 5.10 Å². The predicted octanol–water partition coefficient (Wildman–Crippen LogP) is 2.51. The third kappa shape index (κ3) is 3.33. The van der Waals surface area contributed by atoms with Crippen molar-refractivity contribution in [2.24, 2.45) is 0 Å². The van der Waals surface area contributed by atoms with E-state index < -0.39 is 0 Å². The second-order valence-corrected chi connectivity index (χ2v) is 4.85. The van der Waals surface area contributed by atoms with E-state index in [1.165, 1.54) is 0 Å². The van der Waals surface area contributed by atoms with Crippen LogP contribution in [-0.4, -0.2) is 26.5 Å². The van der Waals surface area contributed by atoms with Crippen LogP contribution < -0.4 is 5.32 Å². The molecule has 2 aromatic rings. The van der Waals surface area contributed by atoms with Crippen LogP contribution in [-0.2, 0) is 6.42 Å². The maximum Gasteiger partial charge on any atom is 0.315 e. The van der Waals surface area contributed by atoms with Gasteiger partial charge < -0.3 is 9.73 Å². The smallest absolute Gasteiger partial charge is 0.315 e. The summed E-state index contributed by atoms with van der Waals surface area (Å²) in [5, 5.41) is 15.6. The molecule has 6 heteroatoms. The summed E-state index contributed by atoms with van der Waals surface area (Å²) >= 11 is 0. The number of nitrogens with one attached hydrogen (secondary N) is 1. The topological polar surface area (TPSA) is 68.8 Å². The molecule has 104 valence electrons. The molecule has 0 aliphatic carbocycles. The quantitative estimate of drug-likeness (QED) is 0.867. The van der Waals surface area contributed by atoms with E-state index in [0.717, 1.165) is 24.2 Å². The van der Waals surface area contributed by atoms with E-state index >= 15 is 0 Å². The Kier molecular flexibility index (Phi) is 4.19. The fourth-order valence-electron chi connectivity index (χ4n) is 2.05. The Morgan fingerprint density at radius 2 is 2.16 bits per heavy atom. The summed E-state index contributed by atoms with van der Waals surface area (Å²) in [6.45, 7) is 8.95. The van der Waals surface area contributed by atoms with Gasteiger partial charge in [0.15, 0.2) is 0 Å². The van der Waals surface area contributed by atoms with Gasteiger partial charge >= 0.3 is 6.01 Å². The molecule has 0 bridgehead atoms. The lowest BCUT2D eigenvalue weighted by Gasteiger charge is -2.14. The van der Waals surface area contributed by atoms with Gasteiger partial charge in [0.25, 0.3) is 0 Å². The standard InChI is InChI=1S/C13H21N5O/c1-5-6-12-15-16-13(19-12)14-8-11(4)18-10(3)7-9(2)17-18/h7,11H,5-6,8H2,1-4H3,(H,14,16). The first-order valence-electron chi connectivity index (χ1n) is 6.69. The number of aryl methyl sites for hydroxylation is 3. The number of rotatable bonds is 6. The number of hydrogen-bond acceptors (Lipinski definition) is 5. The first-order valence-corrected chi connectivity index (χ1v) is 6.69. The van der Waals surface area contributed by atoms with E-state index in [4.69, 9.17) is 4.42 Å². The Morgan fingerprint density at radius 3 is 2.79 bits per heavy atom. The van der Waals surface area contributed by atoms with Crippen LogP contribution in [0.4, 0.5) is 6.01 Å². The van der Waals surface area contributed by atoms with Crippen molar-refractivity contribution in [3.8, 4) is 0 Å². The van der Waals surface area contributed by atoms with Crippen molar-refractivity contribution in [3.63, 3.8) is 0 Å². The molecule has 0 fully saturated rings. The molecule has 0 aromatic carbocycles. The molecule has 1 N–H and O–H groups in total. The fraction of sp³-hybridized carbons (Fsp3) is 0.615. The highest BCUT2D eigenvalue weighted by molar-refractivity contribution is 5.17. The van der Waals surface area contributed by atoms with E-state index in [0.29, 0.717) is 18.5 Å². The summed E-state index contributed by atoms with van der Waals surface area (Å²) in [6.07, 6.45) is 1.82. The molecular weight excluding hydrogens is 242 g/mol. The van der Waals surface area contributed by atoms with Crippen LogP contribution in [0.2, 0.25) is 0 Å². The van der Waals surface area contributed by atoms with Crippen LogP contribution in [0.15, 0.2) is 10.5 Å². The molecule has 0 aliphatic rings. The summed E-state index contributed by atoms with van der Waals surface area (Å²) in [5.41, 5.74) is 2.19. The number of nitrogens with zero attached hydrogens (tertiary/aromatic N) is 4. The molecular formula is C13H21N5O. The minimum atomic E-state index is 0.232. The average Bonchev–Trinajstić information content (AvgIpc) is 2.93. The summed E-state index contributed by atoms with van der Waals surface area (Å²) in [6, 6.07) is 2.79. The Bertz CT molecular complexity index is 531. The van der Waals surface area contributed by atoms with Gasteiger partial charge in [0, 0.05) is 18.7 Å². The molecule has 0 amide bonds. The van der Waals surface area contributed by atoms with Crippen LogP contribution in [0, 0.1) is 13.8 Å². The molecule has 1 atom stereocenters. The molecule has 2 heterocycles. The number of aromatic nitrogens is 4. The zero-order chi connectivity index (χ0) is 13.8. The minimum absolute atomic E-state index is 0.232. The van der Waals surface area contributed by atoms with Crippen LogP contribution in [0.25, 0.3) is 0 Å². The highest BCUT2D eigenvalue weighted by Crippen LogP contribution is 2.13. The van der Waals surface area contributed by atoms with E-state index in [2.05, 4.69) is 47.5 Å². The van der Waals surface area contributed by atoms with Gasteiger partial charge in [-0.25, -0.2) is 0 Å². The first-order chi connectivity index (χ1) is 9.10.